The Balaban J connectivity index is 1.90. The van der Waals surface area contributed by atoms with Gasteiger partial charge in [0.25, 0.3) is 0 Å². The summed E-state index contributed by atoms with van der Waals surface area (Å²) in [6.07, 6.45) is 6.23. The molecule has 0 radical (unpaired) electrons. The van der Waals surface area contributed by atoms with E-state index in [1.54, 1.807) is 11.3 Å². The zero-order valence-electron chi connectivity index (χ0n) is 10.8. The van der Waals surface area contributed by atoms with E-state index in [1.807, 2.05) is 5.38 Å². The molecule has 1 aromatic rings. The Labute approximate surface area is 125 Å². The van der Waals surface area contributed by atoms with Crippen LogP contribution in [0.2, 0.25) is 0 Å². The second-order valence-electron chi connectivity index (χ2n) is 5.08. The fourth-order valence-corrected chi connectivity index (χ4v) is 3.78. The Kier molecular flexibility index (Phi) is 5.78. The number of carboxylic acid groups (broad SMARTS) is 1. The highest BCUT2D eigenvalue weighted by Gasteiger charge is 2.25. The summed E-state index contributed by atoms with van der Waals surface area (Å²) < 4.78 is 0.872. The van der Waals surface area contributed by atoms with E-state index in [-0.39, 0.29) is 12.5 Å². The topological polar surface area (TPSA) is 62.2 Å². The molecule has 0 spiro atoms. The predicted molar refractivity (Wildman–Crippen MR) is 79.3 cm³/mol. The van der Waals surface area contributed by atoms with E-state index in [0.717, 1.165) is 22.5 Å². The zero-order chi connectivity index (χ0) is 13.7. The number of nitrogens with zero attached hydrogens (tertiary/aromatic N) is 1. The van der Waals surface area contributed by atoms with Crippen LogP contribution in [-0.4, -0.2) is 22.1 Å². The van der Waals surface area contributed by atoms with E-state index in [0.29, 0.717) is 12.5 Å². The lowest BCUT2D eigenvalue weighted by molar-refractivity contribution is -0.138. The molecule has 2 N–H and O–H groups in total. The number of aromatic nitrogens is 1. The van der Waals surface area contributed by atoms with Gasteiger partial charge in [-0.3, -0.25) is 4.79 Å². The van der Waals surface area contributed by atoms with E-state index >= 15 is 0 Å². The Hall–Kier alpha value is -0.460. The van der Waals surface area contributed by atoms with E-state index < -0.39 is 5.97 Å². The molecule has 1 fully saturated rings. The van der Waals surface area contributed by atoms with Crippen LogP contribution in [0.5, 0.6) is 0 Å². The first-order valence-corrected chi connectivity index (χ1v) is 8.37. The molecule has 0 unspecified atom stereocenters. The van der Waals surface area contributed by atoms with Gasteiger partial charge in [0.15, 0.2) is 3.92 Å². The summed E-state index contributed by atoms with van der Waals surface area (Å²) in [5.41, 5.74) is 0.975. The molecule has 1 aromatic heterocycles. The summed E-state index contributed by atoms with van der Waals surface area (Å²) in [6, 6.07) is 0.0678. The van der Waals surface area contributed by atoms with Gasteiger partial charge >= 0.3 is 5.97 Å². The van der Waals surface area contributed by atoms with Gasteiger partial charge in [-0.1, -0.05) is 19.3 Å². The quantitative estimate of drug-likeness (QED) is 0.828. The maximum atomic E-state index is 11.0. The van der Waals surface area contributed by atoms with Gasteiger partial charge in [0, 0.05) is 18.0 Å². The van der Waals surface area contributed by atoms with Crippen molar-refractivity contribution in [2.24, 2.45) is 5.92 Å². The first kappa shape index (κ1) is 14.9. The van der Waals surface area contributed by atoms with Crippen molar-refractivity contribution in [1.29, 1.82) is 0 Å². The van der Waals surface area contributed by atoms with E-state index in [9.17, 15) is 4.79 Å². The highest BCUT2D eigenvalue weighted by molar-refractivity contribution is 9.11. The van der Waals surface area contributed by atoms with Crippen molar-refractivity contribution in [1.82, 2.24) is 10.3 Å². The van der Waals surface area contributed by atoms with Crippen LogP contribution in [0.25, 0.3) is 0 Å². The Morgan fingerprint density at radius 1 is 1.53 bits per heavy atom. The number of thiazole rings is 1. The molecule has 1 saturated carbocycles. The highest BCUT2D eigenvalue weighted by atomic mass is 79.9. The SMILES string of the molecule is O=C(O)C[C@H](NCc1csc(Br)n1)C1CCCCC1. The Bertz CT molecular complexity index is 419. The van der Waals surface area contributed by atoms with Crippen LogP contribution in [0.3, 0.4) is 0 Å². The second-order valence-corrected chi connectivity index (χ2v) is 7.21. The van der Waals surface area contributed by atoms with Gasteiger partial charge in [-0.05, 0) is 34.7 Å². The van der Waals surface area contributed by atoms with Crippen LogP contribution < -0.4 is 5.32 Å². The van der Waals surface area contributed by atoms with Gasteiger partial charge in [-0.25, -0.2) is 4.98 Å². The molecule has 0 amide bonds. The van der Waals surface area contributed by atoms with Gasteiger partial charge in [0.05, 0.1) is 12.1 Å². The highest BCUT2D eigenvalue weighted by Crippen LogP contribution is 2.28. The molecule has 4 nitrogen and oxygen atoms in total. The van der Waals surface area contributed by atoms with Gasteiger partial charge < -0.3 is 10.4 Å². The number of nitrogens with one attached hydrogen (secondary N) is 1. The largest absolute Gasteiger partial charge is 0.481 e. The molecular weight excluding hydrogens is 328 g/mol. The lowest BCUT2D eigenvalue weighted by Crippen LogP contribution is -2.38. The molecule has 0 aliphatic heterocycles. The minimum absolute atomic E-state index is 0.0678. The van der Waals surface area contributed by atoms with Gasteiger partial charge in [0.2, 0.25) is 0 Å². The lowest BCUT2D eigenvalue weighted by Gasteiger charge is -2.30. The predicted octanol–water partition coefficient (Wildman–Crippen LogP) is 3.42. The smallest absolute Gasteiger partial charge is 0.304 e. The van der Waals surface area contributed by atoms with Crippen molar-refractivity contribution in [3.8, 4) is 0 Å². The van der Waals surface area contributed by atoms with Crippen LogP contribution in [0.1, 0.15) is 44.2 Å². The van der Waals surface area contributed by atoms with Crippen LogP contribution >= 0.6 is 27.3 Å². The van der Waals surface area contributed by atoms with Gasteiger partial charge in [0.1, 0.15) is 0 Å². The van der Waals surface area contributed by atoms with Gasteiger partial charge in [-0.2, -0.15) is 0 Å². The maximum absolute atomic E-state index is 11.0. The van der Waals surface area contributed by atoms with Crippen molar-refractivity contribution in [2.75, 3.05) is 0 Å². The molecular formula is C13H19BrN2O2S. The summed E-state index contributed by atoms with van der Waals surface area (Å²) in [4.78, 5) is 15.3. The average molecular weight is 347 g/mol. The molecule has 0 aromatic carbocycles. The number of hydrogen-bond donors (Lipinski definition) is 2. The Morgan fingerprint density at radius 2 is 2.26 bits per heavy atom. The fourth-order valence-electron chi connectivity index (χ4n) is 2.73. The first-order valence-electron chi connectivity index (χ1n) is 6.70. The third kappa shape index (κ3) is 4.85. The summed E-state index contributed by atoms with van der Waals surface area (Å²) in [7, 11) is 0. The third-order valence-corrected chi connectivity index (χ3v) is 5.10. The van der Waals surface area contributed by atoms with Crippen molar-refractivity contribution in [3.05, 3.63) is 15.0 Å². The molecule has 6 heteroatoms. The molecule has 1 aliphatic carbocycles. The number of hydrogen-bond acceptors (Lipinski definition) is 4. The minimum atomic E-state index is -0.720. The average Bonchev–Trinajstić information content (AvgIpc) is 2.81. The fraction of sp³-hybridized carbons (Fsp3) is 0.692. The third-order valence-electron chi connectivity index (χ3n) is 3.68. The lowest BCUT2D eigenvalue weighted by atomic mass is 9.82. The van der Waals surface area contributed by atoms with Crippen LogP contribution in [-0.2, 0) is 11.3 Å². The molecule has 0 saturated heterocycles. The van der Waals surface area contributed by atoms with Crippen molar-refractivity contribution >= 4 is 33.2 Å². The summed E-state index contributed by atoms with van der Waals surface area (Å²) >= 11 is 4.90. The van der Waals surface area contributed by atoms with E-state index in [2.05, 4.69) is 26.2 Å². The summed E-state index contributed by atoms with van der Waals surface area (Å²) in [6.45, 7) is 0.649. The number of aliphatic carboxylic acids is 1. The second kappa shape index (κ2) is 7.36. The molecule has 0 bridgehead atoms. The molecule has 1 heterocycles. The van der Waals surface area contributed by atoms with Crippen molar-refractivity contribution in [2.45, 2.75) is 51.1 Å². The van der Waals surface area contributed by atoms with E-state index in [4.69, 9.17) is 5.11 Å². The van der Waals surface area contributed by atoms with E-state index in [1.165, 1.54) is 19.3 Å². The molecule has 106 valence electrons. The number of rotatable bonds is 6. The summed E-state index contributed by atoms with van der Waals surface area (Å²) in [5, 5.41) is 14.4. The molecule has 1 aliphatic rings. The normalized spacial score (nSPS) is 18.4. The van der Waals surface area contributed by atoms with Crippen LogP contribution in [0, 0.1) is 5.92 Å². The standard InChI is InChI=1S/C13H19BrN2O2S/c14-13-16-10(8-19-13)7-15-11(6-12(17)18)9-4-2-1-3-5-9/h8-9,11,15H,1-7H2,(H,17,18)/t11-/m0/s1. The zero-order valence-corrected chi connectivity index (χ0v) is 13.2. The summed E-state index contributed by atoms with van der Waals surface area (Å²) in [5.74, 6) is -0.227. The van der Waals surface area contributed by atoms with Crippen molar-refractivity contribution in [3.63, 3.8) is 0 Å². The monoisotopic (exact) mass is 346 g/mol. The number of halogens is 1. The number of carbonyl (C=O) groups is 1. The molecule has 19 heavy (non-hydrogen) atoms. The molecule has 1 atom stereocenters. The maximum Gasteiger partial charge on any atom is 0.304 e. The van der Waals surface area contributed by atoms with Crippen LogP contribution in [0.4, 0.5) is 0 Å². The Morgan fingerprint density at radius 3 is 2.84 bits per heavy atom. The molecule has 2 rings (SSSR count). The van der Waals surface area contributed by atoms with Crippen molar-refractivity contribution < 1.29 is 9.90 Å². The van der Waals surface area contributed by atoms with Crippen LogP contribution in [0.15, 0.2) is 9.30 Å². The first-order chi connectivity index (χ1) is 9.15. The van der Waals surface area contributed by atoms with Gasteiger partial charge in [-0.15, -0.1) is 11.3 Å². The minimum Gasteiger partial charge on any atom is -0.481 e. The number of carboxylic acids is 1.